The van der Waals surface area contributed by atoms with E-state index in [0.29, 0.717) is 24.5 Å². The zero-order chi connectivity index (χ0) is 13.8. The lowest BCUT2D eigenvalue weighted by Crippen LogP contribution is -2.57. The number of nitrogens with one attached hydrogen (secondary N) is 2. The fourth-order valence-corrected chi connectivity index (χ4v) is 2.05. The first-order chi connectivity index (χ1) is 9.13. The van der Waals surface area contributed by atoms with Crippen LogP contribution >= 0.6 is 0 Å². The van der Waals surface area contributed by atoms with Crippen molar-refractivity contribution < 1.29 is 9.59 Å². The van der Waals surface area contributed by atoms with Crippen molar-refractivity contribution in [2.24, 2.45) is 5.84 Å². The maximum atomic E-state index is 11.7. The van der Waals surface area contributed by atoms with Crippen LogP contribution in [0.1, 0.15) is 19.0 Å². The number of nitrogens with zero attached hydrogens (tertiary/aromatic N) is 3. The first-order valence-corrected chi connectivity index (χ1v) is 5.99. The van der Waals surface area contributed by atoms with Gasteiger partial charge in [-0.15, -0.1) is 0 Å². The molecule has 4 N–H and O–H groups in total. The molecule has 8 nitrogen and oxygen atoms in total. The van der Waals surface area contributed by atoms with Crippen LogP contribution < -0.4 is 16.6 Å². The fraction of sp³-hybridized carbons (Fsp3) is 0.455. The minimum atomic E-state index is -0.313. The van der Waals surface area contributed by atoms with Crippen LogP contribution in [-0.2, 0) is 16.1 Å². The first kappa shape index (κ1) is 13.4. The highest BCUT2D eigenvalue weighted by molar-refractivity contribution is 6.01. The monoisotopic (exact) mass is 264 g/mol. The lowest BCUT2D eigenvalue weighted by atomic mass is 10.1. The van der Waals surface area contributed by atoms with Crippen molar-refractivity contribution in [3.05, 3.63) is 18.1 Å². The first-order valence-electron chi connectivity index (χ1n) is 5.99. The number of carbonyl (C=O) groups is 2. The van der Waals surface area contributed by atoms with Gasteiger partial charge in [0.15, 0.2) is 5.82 Å². The molecule has 0 aromatic carbocycles. The quantitative estimate of drug-likeness (QED) is 0.363. The molecule has 19 heavy (non-hydrogen) atoms. The van der Waals surface area contributed by atoms with E-state index in [1.165, 1.54) is 6.20 Å². The molecule has 0 radical (unpaired) electrons. The topological polar surface area (TPSA) is 113 Å². The van der Waals surface area contributed by atoms with Gasteiger partial charge in [-0.2, -0.15) is 0 Å². The molecule has 102 valence electrons. The van der Waals surface area contributed by atoms with Gasteiger partial charge in [-0.05, 0) is 6.42 Å². The van der Waals surface area contributed by atoms with E-state index in [-0.39, 0.29) is 24.4 Å². The van der Waals surface area contributed by atoms with Gasteiger partial charge in [-0.25, -0.2) is 10.8 Å². The number of anilines is 1. The number of amides is 2. The molecule has 1 unspecified atom stereocenters. The van der Waals surface area contributed by atoms with Crippen LogP contribution in [0.4, 0.5) is 5.82 Å². The lowest BCUT2D eigenvalue weighted by Gasteiger charge is -2.32. The van der Waals surface area contributed by atoms with Crippen LogP contribution in [0, 0.1) is 0 Å². The van der Waals surface area contributed by atoms with Gasteiger partial charge in [0.2, 0.25) is 11.8 Å². The number of carbonyl (C=O) groups excluding carboxylic acids is 2. The molecule has 1 atom stereocenters. The number of nitrogens with two attached hydrogens (primary N) is 1. The van der Waals surface area contributed by atoms with Gasteiger partial charge in [0.25, 0.3) is 0 Å². The Bertz CT molecular complexity index is 475. The number of hydrogen-bond donors (Lipinski definition) is 3. The third kappa shape index (κ3) is 3.04. The van der Waals surface area contributed by atoms with E-state index in [1.807, 2.05) is 6.92 Å². The molecule has 2 heterocycles. The number of imide groups is 1. The van der Waals surface area contributed by atoms with Gasteiger partial charge < -0.3 is 5.43 Å². The van der Waals surface area contributed by atoms with E-state index in [4.69, 9.17) is 5.84 Å². The van der Waals surface area contributed by atoms with Crippen molar-refractivity contribution in [1.29, 1.82) is 0 Å². The summed E-state index contributed by atoms with van der Waals surface area (Å²) in [7, 11) is 0. The van der Waals surface area contributed by atoms with Gasteiger partial charge in [-0.1, -0.05) is 6.92 Å². The summed E-state index contributed by atoms with van der Waals surface area (Å²) in [6, 6.07) is -0.313. The minimum absolute atomic E-state index is 0.183. The molecule has 0 aliphatic carbocycles. The number of nitrogen functional groups attached to an aromatic ring is 1. The van der Waals surface area contributed by atoms with Crippen molar-refractivity contribution in [2.45, 2.75) is 25.9 Å². The second-order valence-corrected chi connectivity index (χ2v) is 4.28. The summed E-state index contributed by atoms with van der Waals surface area (Å²) < 4.78 is 0. The molecule has 1 aromatic heterocycles. The molecule has 1 saturated heterocycles. The summed E-state index contributed by atoms with van der Waals surface area (Å²) >= 11 is 0. The van der Waals surface area contributed by atoms with Crippen molar-refractivity contribution in [3.63, 3.8) is 0 Å². The zero-order valence-corrected chi connectivity index (χ0v) is 10.6. The molecule has 1 fully saturated rings. The average Bonchev–Trinajstić information content (AvgIpc) is 2.39. The average molecular weight is 264 g/mol. The number of rotatable bonds is 4. The molecule has 0 bridgehead atoms. The Morgan fingerprint density at radius 1 is 1.47 bits per heavy atom. The Labute approximate surface area is 110 Å². The van der Waals surface area contributed by atoms with Gasteiger partial charge >= 0.3 is 0 Å². The van der Waals surface area contributed by atoms with Crippen LogP contribution in [0.15, 0.2) is 12.4 Å². The molecule has 2 rings (SSSR count). The van der Waals surface area contributed by atoms with E-state index in [2.05, 4.69) is 20.7 Å². The smallest absolute Gasteiger partial charge is 0.243 e. The highest BCUT2D eigenvalue weighted by atomic mass is 16.2. The van der Waals surface area contributed by atoms with E-state index in [9.17, 15) is 9.59 Å². The van der Waals surface area contributed by atoms with E-state index < -0.39 is 0 Å². The molecule has 1 aliphatic rings. The molecule has 0 saturated carbocycles. The summed E-state index contributed by atoms with van der Waals surface area (Å²) in [6.45, 7) is 2.48. The summed E-state index contributed by atoms with van der Waals surface area (Å²) in [6.07, 6.45) is 3.70. The molecule has 2 amide bonds. The summed E-state index contributed by atoms with van der Waals surface area (Å²) in [5.74, 6) is 5.12. The minimum Gasteiger partial charge on any atom is -0.307 e. The van der Waals surface area contributed by atoms with Gasteiger partial charge in [0.1, 0.15) is 0 Å². The Kier molecular flexibility index (Phi) is 4.03. The van der Waals surface area contributed by atoms with Crippen LogP contribution in [0.5, 0.6) is 0 Å². The summed E-state index contributed by atoms with van der Waals surface area (Å²) in [5, 5.41) is 2.33. The molecule has 8 heteroatoms. The Morgan fingerprint density at radius 3 is 2.84 bits per heavy atom. The Balaban J connectivity index is 2.10. The van der Waals surface area contributed by atoms with Gasteiger partial charge in [0, 0.05) is 6.54 Å². The summed E-state index contributed by atoms with van der Waals surface area (Å²) in [4.78, 5) is 33.1. The van der Waals surface area contributed by atoms with Gasteiger partial charge in [0.05, 0.1) is 30.7 Å². The SMILES string of the molecule is CCC1C(=O)NC(=O)CN1Cc1cnc(NN)cn1. The van der Waals surface area contributed by atoms with E-state index in [0.717, 1.165) is 0 Å². The third-order valence-corrected chi connectivity index (χ3v) is 2.96. The lowest BCUT2D eigenvalue weighted by molar-refractivity contribution is -0.140. The fourth-order valence-electron chi connectivity index (χ4n) is 2.05. The maximum absolute atomic E-state index is 11.7. The molecular formula is C11H16N6O2. The predicted molar refractivity (Wildman–Crippen MR) is 67.5 cm³/mol. The highest BCUT2D eigenvalue weighted by Gasteiger charge is 2.32. The van der Waals surface area contributed by atoms with E-state index in [1.54, 1.807) is 11.1 Å². The Hall–Kier alpha value is -2.06. The largest absolute Gasteiger partial charge is 0.307 e. The van der Waals surface area contributed by atoms with Gasteiger partial charge in [-0.3, -0.25) is 24.8 Å². The second kappa shape index (κ2) is 5.72. The third-order valence-electron chi connectivity index (χ3n) is 2.96. The number of hydrazine groups is 1. The van der Waals surface area contributed by atoms with Crippen molar-refractivity contribution in [2.75, 3.05) is 12.0 Å². The van der Waals surface area contributed by atoms with Crippen LogP contribution in [-0.4, -0.2) is 39.3 Å². The standard InChI is InChI=1S/C11H16N6O2/c1-2-8-11(19)15-10(18)6-17(8)5-7-3-14-9(16-12)4-13-7/h3-4,8H,2,5-6,12H2,1H3,(H,14,16)(H,15,18,19). The number of piperazine rings is 1. The molecule has 0 spiro atoms. The predicted octanol–water partition coefficient (Wildman–Crippen LogP) is -1.00. The molecule has 1 aromatic rings. The number of hydrogen-bond acceptors (Lipinski definition) is 7. The van der Waals surface area contributed by atoms with E-state index >= 15 is 0 Å². The van der Waals surface area contributed by atoms with Crippen molar-refractivity contribution in [3.8, 4) is 0 Å². The van der Waals surface area contributed by atoms with Crippen molar-refractivity contribution in [1.82, 2.24) is 20.2 Å². The number of aromatic nitrogens is 2. The second-order valence-electron chi connectivity index (χ2n) is 4.28. The van der Waals surface area contributed by atoms with Crippen molar-refractivity contribution >= 4 is 17.6 Å². The van der Waals surface area contributed by atoms with Crippen LogP contribution in [0.3, 0.4) is 0 Å². The van der Waals surface area contributed by atoms with Crippen LogP contribution in [0.2, 0.25) is 0 Å². The molecule has 1 aliphatic heterocycles. The summed E-state index contributed by atoms with van der Waals surface area (Å²) in [5.41, 5.74) is 3.07. The zero-order valence-electron chi connectivity index (χ0n) is 10.6. The normalized spacial score (nSPS) is 20.2. The van der Waals surface area contributed by atoms with Crippen LogP contribution in [0.25, 0.3) is 0 Å². The molecular weight excluding hydrogens is 248 g/mol. The maximum Gasteiger partial charge on any atom is 0.243 e. The Morgan fingerprint density at radius 2 is 2.26 bits per heavy atom. The highest BCUT2D eigenvalue weighted by Crippen LogP contribution is 2.12.